The number of rotatable bonds is 5. The smallest absolute Gasteiger partial charge is 0.187 e. The van der Waals surface area contributed by atoms with E-state index in [0.29, 0.717) is 6.42 Å². The molecule has 21 heavy (non-hydrogen) atoms. The first-order chi connectivity index (χ1) is 10.3. The van der Waals surface area contributed by atoms with Gasteiger partial charge in [0, 0.05) is 24.6 Å². The van der Waals surface area contributed by atoms with Gasteiger partial charge in [-0.2, -0.15) is 0 Å². The van der Waals surface area contributed by atoms with Crippen LogP contribution < -0.4 is 4.74 Å². The van der Waals surface area contributed by atoms with Gasteiger partial charge in [0.25, 0.3) is 0 Å². The SMILES string of the molecule is COc1ccc(CSc2ncccn2)cc1C#CCCO. The quantitative estimate of drug-likeness (QED) is 0.522. The summed E-state index contributed by atoms with van der Waals surface area (Å²) in [7, 11) is 1.62. The van der Waals surface area contributed by atoms with E-state index in [4.69, 9.17) is 9.84 Å². The number of methoxy groups -OCH3 is 1. The van der Waals surface area contributed by atoms with Gasteiger partial charge in [0.1, 0.15) is 5.75 Å². The van der Waals surface area contributed by atoms with Crippen molar-refractivity contribution in [3.8, 4) is 17.6 Å². The van der Waals surface area contributed by atoms with E-state index in [-0.39, 0.29) is 6.61 Å². The molecular formula is C16H16N2O2S. The number of hydrogen-bond donors (Lipinski definition) is 1. The molecule has 0 saturated carbocycles. The summed E-state index contributed by atoms with van der Waals surface area (Å²) in [5.41, 5.74) is 1.96. The van der Waals surface area contributed by atoms with E-state index < -0.39 is 0 Å². The molecule has 5 heteroatoms. The van der Waals surface area contributed by atoms with Gasteiger partial charge in [0.15, 0.2) is 5.16 Å². The molecule has 0 spiro atoms. The average molecular weight is 300 g/mol. The summed E-state index contributed by atoms with van der Waals surface area (Å²) in [4.78, 5) is 8.36. The van der Waals surface area contributed by atoms with Gasteiger partial charge >= 0.3 is 0 Å². The van der Waals surface area contributed by atoms with Gasteiger partial charge in [-0.05, 0) is 23.8 Å². The molecule has 2 aromatic rings. The zero-order chi connectivity index (χ0) is 14.9. The zero-order valence-electron chi connectivity index (χ0n) is 11.7. The maximum Gasteiger partial charge on any atom is 0.187 e. The maximum atomic E-state index is 8.78. The fraction of sp³-hybridized carbons (Fsp3) is 0.250. The van der Waals surface area contributed by atoms with Gasteiger partial charge in [-0.3, -0.25) is 0 Å². The van der Waals surface area contributed by atoms with Gasteiger partial charge in [0.2, 0.25) is 0 Å². The number of benzene rings is 1. The van der Waals surface area contributed by atoms with Gasteiger partial charge in [0.05, 0.1) is 19.3 Å². The van der Waals surface area contributed by atoms with Crippen LogP contribution in [0.5, 0.6) is 5.75 Å². The molecular weight excluding hydrogens is 284 g/mol. The molecule has 108 valence electrons. The summed E-state index contributed by atoms with van der Waals surface area (Å²) in [6.07, 6.45) is 3.92. The highest BCUT2D eigenvalue weighted by molar-refractivity contribution is 7.98. The van der Waals surface area contributed by atoms with Crippen LogP contribution in [0.4, 0.5) is 0 Å². The molecule has 1 heterocycles. The Hall–Kier alpha value is -2.03. The van der Waals surface area contributed by atoms with Crippen molar-refractivity contribution in [2.45, 2.75) is 17.3 Å². The first-order valence-corrected chi connectivity index (χ1v) is 7.48. The van der Waals surface area contributed by atoms with Gasteiger partial charge in [-0.1, -0.05) is 29.7 Å². The van der Waals surface area contributed by atoms with E-state index >= 15 is 0 Å². The number of ether oxygens (including phenoxy) is 1. The van der Waals surface area contributed by atoms with Crippen molar-refractivity contribution in [3.05, 3.63) is 47.8 Å². The molecule has 0 saturated heterocycles. The van der Waals surface area contributed by atoms with Crippen molar-refractivity contribution in [1.82, 2.24) is 9.97 Å². The third-order valence-electron chi connectivity index (χ3n) is 2.63. The maximum absolute atomic E-state index is 8.78. The zero-order valence-corrected chi connectivity index (χ0v) is 12.6. The van der Waals surface area contributed by atoms with Crippen LogP contribution in [0.25, 0.3) is 0 Å². The lowest BCUT2D eigenvalue weighted by Gasteiger charge is -2.06. The van der Waals surface area contributed by atoms with Crippen molar-refractivity contribution in [3.63, 3.8) is 0 Å². The Bertz CT molecular complexity index is 636. The minimum absolute atomic E-state index is 0.0657. The molecule has 0 aliphatic heterocycles. The first kappa shape index (κ1) is 15.4. The molecule has 1 aromatic heterocycles. The molecule has 0 aliphatic carbocycles. The van der Waals surface area contributed by atoms with Crippen LogP contribution in [0, 0.1) is 11.8 Å². The molecule has 0 radical (unpaired) electrons. The van der Waals surface area contributed by atoms with Crippen LogP contribution in [-0.4, -0.2) is 28.8 Å². The molecule has 0 atom stereocenters. The molecule has 0 unspecified atom stereocenters. The summed E-state index contributed by atoms with van der Waals surface area (Å²) in [6.45, 7) is 0.0657. The van der Waals surface area contributed by atoms with Crippen LogP contribution >= 0.6 is 11.8 Å². The third kappa shape index (κ3) is 4.78. The Labute approximate surface area is 128 Å². The highest BCUT2D eigenvalue weighted by Crippen LogP contribution is 2.23. The third-order valence-corrected chi connectivity index (χ3v) is 3.58. The second-order valence-electron chi connectivity index (χ2n) is 4.13. The summed E-state index contributed by atoms with van der Waals surface area (Å²) >= 11 is 1.57. The lowest BCUT2D eigenvalue weighted by molar-refractivity contribution is 0.305. The predicted molar refractivity (Wildman–Crippen MR) is 83.2 cm³/mol. The van der Waals surface area contributed by atoms with Crippen LogP contribution in [0.1, 0.15) is 17.5 Å². The summed E-state index contributed by atoms with van der Waals surface area (Å²) in [5.74, 6) is 7.45. The first-order valence-electron chi connectivity index (χ1n) is 6.50. The molecule has 0 aliphatic rings. The standard InChI is InChI=1S/C16H16N2O2S/c1-20-15-7-6-13(11-14(15)5-2-3-10-19)12-21-16-17-8-4-9-18-16/h4,6-9,11,19H,3,10,12H2,1H3. The summed E-state index contributed by atoms with van der Waals surface area (Å²) in [5, 5.41) is 9.54. The Balaban J connectivity index is 2.10. The molecule has 1 N–H and O–H groups in total. The van der Waals surface area contributed by atoms with E-state index in [9.17, 15) is 0 Å². The minimum atomic E-state index is 0.0657. The van der Waals surface area contributed by atoms with Crippen molar-refractivity contribution < 1.29 is 9.84 Å². The van der Waals surface area contributed by atoms with E-state index in [2.05, 4.69) is 21.8 Å². The molecule has 4 nitrogen and oxygen atoms in total. The highest BCUT2D eigenvalue weighted by atomic mass is 32.2. The topological polar surface area (TPSA) is 55.2 Å². The molecule has 1 aromatic carbocycles. The lowest BCUT2D eigenvalue weighted by atomic mass is 10.1. The summed E-state index contributed by atoms with van der Waals surface area (Å²) in [6, 6.07) is 7.71. The van der Waals surface area contributed by atoms with Crippen molar-refractivity contribution in [2.75, 3.05) is 13.7 Å². The fourth-order valence-electron chi connectivity index (χ4n) is 1.66. The monoisotopic (exact) mass is 300 g/mol. The predicted octanol–water partition coefficient (Wildman–Crippen LogP) is 2.51. The van der Waals surface area contributed by atoms with Crippen molar-refractivity contribution >= 4 is 11.8 Å². The van der Waals surface area contributed by atoms with Crippen LogP contribution in [0.15, 0.2) is 41.8 Å². The lowest BCUT2D eigenvalue weighted by Crippen LogP contribution is -1.91. The Morgan fingerprint density at radius 3 is 2.81 bits per heavy atom. The number of aliphatic hydroxyl groups is 1. The molecule has 0 amide bonds. The fourth-order valence-corrected chi connectivity index (χ4v) is 2.41. The van der Waals surface area contributed by atoms with E-state index in [1.807, 2.05) is 18.2 Å². The van der Waals surface area contributed by atoms with E-state index in [0.717, 1.165) is 27.8 Å². The minimum Gasteiger partial charge on any atom is -0.495 e. The normalized spacial score (nSPS) is 9.81. The van der Waals surface area contributed by atoms with Crippen molar-refractivity contribution in [1.29, 1.82) is 0 Å². The van der Waals surface area contributed by atoms with E-state index in [1.165, 1.54) is 0 Å². The highest BCUT2D eigenvalue weighted by Gasteiger charge is 2.04. The number of aliphatic hydroxyl groups excluding tert-OH is 1. The molecule has 0 fully saturated rings. The second kappa shape index (κ2) is 8.30. The summed E-state index contributed by atoms with van der Waals surface area (Å²) < 4.78 is 5.30. The Morgan fingerprint density at radius 2 is 2.10 bits per heavy atom. The Morgan fingerprint density at radius 1 is 1.29 bits per heavy atom. The van der Waals surface area contributed by atoms with E-state index in [1.54, 1.807) is 37.3 Å². The van der Waals surface area contributed by atoms with Gasteiger partial charge in [-0.15, -0.1) is 0 Å². The second-order valence-corrected chi connectivity index (χ2v) is 5.07. The number of thioether (sulfide) groups is 1. The number of hydrogen-bond acceptors (Lipinski definition) is 5. The van der Waals surface area contributed by atoms with Crippen LogP contribution in [0.2, 0.25) is 0 Å². The number of aromatic nitrogens is 2. The van der Waals surface area contributed by atoms with Crippen LogP contribution in [-0.2, 0) is 5.75 Å². The average Bonchev–Trinajstić information content (AvgIpc) is 2.54. The largest absolute Gasteiger partial charge is 0.495 e. The molecule has 0 bridgehead atoms. The van der Waals surface area contributed by atoms with Gasteiger partial charge < -0.3 is 9.84 Å². The Kier molecular flexibility index (Phi) is 6.07. The number of nitrogens with zero attached hydrogens (tertiary/aromatic N) is 2. The van der Waals surface area contributed by atoms with Crippen LogP contribution in [0.3, 0.4) is 0 Å². The van der Waals surface area contributed by atoms with Crippen molar-refractivity contribution in [2.24, 2.45) is 0 Å². The van der Waals surface area contributed by atoms with Gasteiger partial charge in [-0.25, -0.2) is 9.97 Å². The molecule has 2 rings (SSSR count).